The summed E-state index contributed by atoms with van der Waals surface area (Å²) in [4.78, 5) is 84.7. The van der Waals surface area contributed by atoms with E-state index in [1.165, 1.54) is 19.2 Å². The Bertz CT molecular complexity index is 3020. The molecular weight excluding hydrogens is 878 g/mol. The molecule has 346 valence electrons. The summed E-state index contributed by atoms with van der Waals surface area (Å²) in [6.07, 6.45) is 1.05. The SMILES string of the molecule is Cc1nn(C)c(C)c1-c1c(Cl)ccc2c(CCCOc3cccc4ccccc34)c(C(=O)O)n(CCN3CCN(C(=O)COc4cccc5c4C(=O)N(C4CCC(=O)N(C)C4=O)C5=O)CC3)c12. The first-order chi connectivity index (χ1) is 32.2. The van der Waals surface area contributed by atoms with Crippen LogP contribution in [0.1, 0.15) is 67.4 Å². The predicted octanol–water partition coefficient (Wildman–Crippen LogP) is 6.14. The molecule has 2 fully saturated rings. The number of carbonyl (C=O) groups excluding carboxylic acids is 5. The van der Waals surface area contributed by atoms with E-state index in [0.29, 0.717) is 69.3 Å². The second kappa shape index (κ2) is 18.3. The first-order valence-electron chi connectivity index (χ1n) is 22.4. The Kier molecular flexibility index (Phi) is 12.3. The first kappa shape index (κ1) is 45.1. The molecule has 0 aliphatic carbocycles. The van der Waals surface area contributed by atoms with Gasteiger partial charge in [-0.25, -0.2) is 4.79 Å². The molecule has 16 nitrogen and oxygen atoms in total. The molecule has 1 N–H and O–H groups in total. The Morgan fingerprint density at radius 2 is 1.54 bits per heavy atom. The zero-order chi connectivity index (χ0) is 47.3. The van der Waals surface area contributed by atoms with Gasteiger partial charge < -0.3 is 24.0 Å². The molecule has 4 aromatic carbocycles. The van der Waals surface area contributed by atoms with E-state index in [9.17, 15) is 33.9 Å². The number of hydrogen-bond donors (Lipinski definition) is 1. The van der Waals surface area contributed by atoms with Gasteiger partial charge >= 0.3 is 5.97 Å². The van der Waals surface area contributed by atoms with Crippen LogP contribution in [0.4, 0.5) is 0 Å². The van der Waals surface area contributed by atoms with Crippen LogP contribution in [0.25, 0.3) is 32.8 Å². The van der Waals surface area contributed by atoms with Crippen molar-refractivity contribution in [2.75, 3.05) is 53.0 Å². The molecule has 0 saturated carbocycles. The van der Waals surface area contributed by atoms with Crippen LogP contribution in [-0.2, 0) is 34.4 Å². The zero-order valence-electron chi connectivity index (χ0n) is 37.7. The Hall–Kier alpha value is -7.04. The third-order valence-electron chi connectivity index (χ3n) is 13.4. The number of carbonyl (C=O) groups is 6. The summed E-state index contributed by atoms with van der Waals surface area (Å²) in [5, 5.41) is 19.0. The average molecular weight is 928 g/mol. The van der Waals surface area contributed by atoms with Crippen molar-refractivity contribution < 1.29 is 43.3 Å². The van der Waals surface area contributed by atoms with Crippen molar-refractivity contribution in [2.24, 2.45) is 7.05 Å². The van der Waals surface area contributed by atoms with Crippen molar-refractivity contribution in [2.45, 2.75) is 52.1 Å². The highest BCUT2D eigenvalue weighted by molar-refractivity contribution is 6.35. The lowest BCUT2D eigenvalue weighted by atomic mass is 9.98. The highest BCUT2D eigenvalue weighted by atomic mass is 35.5. The highest BCUT2D eigenvalue weighted by Crippen LogP contribution is 2.42. The summed E-state index contributed by atoms with van der Waals surface area (Å²) in [6.45, 7) is 6.47. The van der Waals surface area contributed by atoms with E-state index in [0.717, 1.165) is 59.7 Å². The number of imide groups is 2. The Balaban J connectivity index is 0.898. The van der Waals surface area contributed by atoms with Crippen molar-refractivity contribution in [3.05, 3.63) is 112 Å². The van der Waals surface area contributed by atoms with E-state index in [4.69, 9.17) is 21.1 Å². The van der Waals surface area contributed by atoms with E-state index in [2.05, 4.69) is 10.00 Å². The summed E-state index contributed by atoms with van der Waals surface area (Å²) < 4.78 is 15.9. The van der Waals surface area contributed by atoms with Crippen molar-refractivity contribution in [1.29, 1.82) is 0 Å². The number of likely N-dealkylation sites (tertiary alicyclic amines) is 1. The van der Waals surface area contributed by atoms with Gasteiger partial charge in [-0.3, -0.25) is 43.4 Å². The van der Waals surface area contributed by atoms with E-state index in [-0.39, 0.29) is 53.8 Å². The quantitative estimate of drug-likeness (QED) is 0.0981. The lowest BCUT2D eigenvalue weighted by molar-refractivity contribution is -0.149. The zero-order valence-corrected chi connectivity index (χ0v) is 38.5. The number of fused-ring (bicyclic) bond motifs is 3. The van der Waals surface area contributed by atoms with Crippen LogP contribution in [0, 0.1) is 13.8 Å². The fourth-order valence-electron chi connectivity index (χ4n) is 9.85. The molecule has 5 heterocycles. The molecule has 1 atom stereocenters. The summed E-state index contributed by atoms with van der Waals surface area (Å²) >= 11 is 7.07. The third kappa shape index (κ3) is 8.18. The number of piperazine rings is 1. The maximum Gasteiger partial charge on any atom is 0.352 e. The minimum atomic E-state index is -1.11. The molecule has 3 aliphatic rings. The minimum Gasteiger partial charge on any atom is -0.493 e. The number of amides is 5. The second-order valence-corrected chi connectivity index (χ2v) is 17.6. The second-order valence-electron chi connectivity index (χ2n) is 17.2. The number of aromatic nitrogens is 3. The van der Waals surface area contributed by atoms with Gasteiger partial charge in [0.1, 0.15) is 23.2 Å². The number of aromatic carboxylic acids is 1. The molecule has 67 heavy (non-hydrogen) atoms. The molecule has 1 unspecified atom stereocenters. The summed E-state index contributed by atoms with van der Waals surface area (Å²) in [5.41, 5.74) is 4.91. The van der Waals surface area contributed by atoms with Gasteiger partial charge in [-0.05, 0) is 68.3 Å². The predicted molar refractivity (Wildman–Crippen MR) is 250 cm³/mol. The Labute approximate surface area is 391 Å². The molecule has 17 heteroatoms. The number of piperidine rings is 1. The summed E-state index contributed by atoms with van der Waals surface area (Å²) in [6, 6.07) is 21.1. The molecule has 0 radical (unpaired) electrons. The number of rotatable bonds is 14. The average Bonchev–Trinajstić information content (AvgIpc) is 3.88. The number of carboxylic acid groups (broad SMARTS) is 1. The van der Waals surface area contributed by atoms with Crippen LogP contribution in [0.2, 0.25) is 5.02 Å². The number of aryl methyl sites for hydroxylation is 3. The monoisotopic (exact) mass is 927 g/mol. The smallest absolute Gasteiger partial charge is 0.352 e. The van der Waals surface area contributed by atoms with Crippen molar-refractivity contribution in [3.63, 3.8) is 0 Å². The van der Waals surface area contributed by atoms with Gasteiger partial charge in [-0.2, -0.15) is 5.10 Å². The molecule has 6 aromatic rings. The summed E-state index contributed by atoms with van der Waals surface area (Å²) in [7, 11) is 3.20. The highest BCUT2D eigenvalue weighted by Gasteiger charge is 2.47. The fraction of sp³-hybridized carbons (Fsp3) is 0.340. The Morgan fingerprint density at radius 1 is 0.806 bits per heavy atom. The third-order valence-corrected chi connectivity index (χ3v) is 13.7. The molecule has 3 aliphatic heterocycles. The number of carboxylic acids is 1. The fourth-order valence-corrected chi connectivity index (χ4v) is 10.1. The van der Waals surface area contributed by atoms with Gasteiger partial charge in [0.2, 0.25) is 5.91 Å². The Morgan fingerprint density at radius 3 is 2.28 bits per heavy atom. The number of likely N-dealkylation sites (N-methyl/N-ethyl adjacent to an activating group) is 1. The number of hydrogen-bond acceptors (Lipinski definition) is 10. The van der Waals surface area contributed by atoms with Gasteiger partial charge in [0.25, 0.3) is 23.6 Å². The van der Waals surface area contributed by atoms with E-state index in [1.807, 2.05) is 80.1 Å². The molecule has 5 amide bonds. The van der Waals surface area contributed by atoms with Gasteiger partial charge in [-0.15, -0.1) is 0 Å². The van der Waals surface area contributed by atoms with Crippen molar-refractivity contribution in [1.82, 2.24) is 33.9 Å². The standard InChI is InChI=1S/C50H50ClN7O9/c1-29-42(30(2)54(4)52-29)44-36(51)18-17-34-33(14-9-27-66-38-15-7-11-31-10-5-6-12-32(31)38)46(50(64)65)57(45(34)44)26-23-55-21-24-56(25-22-55)41(60)28-67-39-16-8-13-35-43(39)49(63)58(47(35)61)37-19-20-40(59)53(3)48(37)62/h5-8,10-13,15-18,37H,9,14,19-28H2,1-4H3,(H,64,65). The van der Waals surface area contributed by atoms with Gasteiger partial charge in [-0.1, -0.05) is 60.1 Å². The number of halogens is 1. The number of ether oxygens (including phenoxy) is 2. The number of benzene rings is 4. The molecular formula is C50H50ClN7O9. The van der Waals surface area contributed by atoms with Gasteiger partial charge in [0.15, 0.2) is 6.61 Å². The van der Waals surface area contributed by atoms with Gasteiger partial charge in [0.05, 0.1) is 34.0 Å². The maximum absolute atomic E-state index is 13.6. The van der Waals surface area contributed by atoms with E-state index >= 15 is 0 Å². The lowest BCUT2D eigenvalue weighted by Gasteiger charge is -2.35. The van der Waals surface area contributed by atoms with Crippen LogP contribution in [-0.4, -0.2) is 134 Å². The van der Waals surface area contributed by atoms with Crippen LogP contribution < -0.4 is 9.47 Å². The number of nitrogens with zero attached hydrogens (tertiary/aromatic N) is 7. The van der Waals surface area contributed by atoms with Crippen LogP contribution in [0.5, 0.6) is 11.5 Å². The maximum atomic E-state index is 13.6. The topological polar surface area (TPSA) is 177 Å². The summed E-state index contributed by atoms with van der Waals surface area (Å²) in [5.74, 6) is -2.91. The van der Waals surface area contributed by atoms with Crippen LogP contribution in [0.15, 0.2) is 72.8 Å². The molecule has 0 spiro atoms. The molecule has 2 saturated heterocycles. The largest absolute Gasteiger partial charge is 0.493 e. The van der Waals surface area contributed by atoms with Crippen LogP contribution >= 0.6 is 11.6 Å². The van der Waals surface area contributed by atoms with Crippen molar-refractivity contribution in [3.8, 4) is 22.6 Å². The first-order valence-corrected chi connectivity index (χ1v) is 22.7. The van der Waals surface area contributed by atoms with E-state index in [1.54, 1.807) is 15.6 Å². The van der Waals surface area contributed by atoms with Crippen molar-refractivity contribution >= 4 is 68.8 Å². The molecule has 2 aromatic heterocycles. The lowest BCUT2D eigenvalue weighted by Crippen LogP contribution is -2.54. The normalized spacial score (nSPS) is 16.7. The minimum absolute atomic E-state index is 0.0186. The molecule has 9 rings (SSSR count). The van der Waals surface area contributed by atoms with Crippen LogP contribution in [0.3, 0.4) is 0 Å². The van der Waals surface area contributed by atoms with E-state index < -0.39 is 29.7 Å². The van der Waals surface area contributed by atoms with Gasteiger partial charge in [0, 0.05) is 87.4 Å². The molecule has 0 bridgehead atoms.